The summed E-state index contributed by atoms with van der Waals surface area (Å²) in [7, 11) is -3.68. The first-order chi connectivity index (χ1) is 12.3. The van der Waals surface area contributed by atoms with Gasteiger partial charge in [0.2, 0.25) is 5.13 Å². The molecule has 0 radical (unpaired) electrons. The van der Waals surface area contributed by atoms with Crippen LogP contribution in [0.2, 0.25) is 0 Å². The van der Waals surface area contributed by atoms with E-state index in [1.807, 2.05) is 26.0 Å². The summed E-state index contributed by atoms with van der Waals surface area (Å²) in [6, 6.07) is 11.8. The van der Waals surface area contributed by atoms with E-state index in [9.17, 15) is 8.42 Å². The van der Waals surface area contributed by atoms with Crippen LogP contribution in [-0.2, 0) is 16.6 Å². The Kier molecular flexibility index (Phi) is 5.10. The van der Waals surface area contributed by atoms with Crippen LogP contribution in [0.15, 0.2) is 47.4 Å². The molecule has 3 N–H and O–H groups in total. The summed E-state index contributed by atoms with van der Waals surface area (Å²) in [6.45, 7) is 3.99. The van der Waals surface area contributed by atoms with Crippen molar-refractivity contribution in [2.45, 2.75) is 25.3 Å². The summed E-state index contributed by atoms with van der Waals surface area (Å²) in [6.07, 6.45) is 0. The zero-order chi connectivity index (χ0) is 18.7. The molecule has 136 valence electrons. The SMILES string of the molecule is Cc1ccc(C)c(NS(=O)(=O)c2ccc(OCc3nnc(N)s3)cc2)c1. The number of aromatic nitrogens is 2. The van der Waals surface area contributed by atoms with Gasteiger partial charge in [-0.25, -0.2) is 8.42 Å². The van der Waals surface area contributed by atoms with Gasteiger partial charge in [-0.05, 0) is 55.3 Å². The second-order valence-corrected chi connectivity index (χ2v) is 8.49. The first-order valence-corrected chi connectivity index (χ1v) is 10.0. The fourth-order valence-corrected chi connectivity index (χ4v) is 3.88. The quantitative estimate of drug-likeness (QED) is 0.670. The number of rotatable bonds is 6. The van der Waals surface area contributed by atoms with E-state index in [0.717, 1.165) is 11.1 Å². The Balaban J connectivity index is 1.71. The van der Waals surface area contributed by atoms with Crippen molar-refractivity contribution in [3.8, 4) is 5.75 Å². The maximum atomic E-state index is 12.6. The Labute approximate surface area is 155 Å². The molecule has 0 saturated carbocycles. The number of nitrogen functional groups attached to an aromatic ring is 1. The maximum absolute atomic E-state index is 12.6. The molecule has 0 atom stereocenters. The molecule has 0 aliphatic heterocycles. The van der Waals surface area contributed by atoms with Gasteiger partial charge >= 0.3 is 0 Å². The van der Waals surface area contributed by atoms with Crippen LogP contribution in [0.4, 0.5) is 10.8 Å². The molecule has 2 aromatic carbocycles. The monoisotopic (exact) mass is 390 g/mol. The van der Waals surface area contributed by atoms with Crippen LogP contribution < -0.4 is 15.2 Å². The van der Waals surface area contributed by atoms with Gasteiger partial charge < -0.3 is 10.5 Å². The smallest absolute Gasteiger partial charge is 0.261 e. The molecule has 9 heteroatoms. The molecular weight excluding hydrogens is 372 g/mol. The Bertz CT molecular complexity index is 1010. The third-order valence-corrected chi connectivity index (χ3v) is 5.72. The number of hydrogen-bond donors (Lipinski definition) is 2. The summed E-state index contributed by atoms with van der Waals surface area (Å²) < 4.78 is 33.3. The average molecular weight is 390 g/mol. The van der Waals surface area contributed by atoms with Gasteiger partial charge in [-0.3, -0.25) is 4.72 Å². The van der Waals surface area contributed by atoms with Gasteiger partial charge in [-0.15, -0.1) is 10.2 Å². The molecule has 0 saturated heterocycles. The van der Waals surface area contributed by atoms with E-state index in [1.165, 1.54) is 23.5 Å². The Morgan fingerprint density at radius 3 is 2.50 bits per heavy atom. The van der Waals surface area contributed by atoms with Crippen molar-refractivity contribution in [3.05, 3.63) is 58.6 Å². The molecule has 7 nitrogen and oxygen atoms in total. The number of nitrogens with zero attached hydrogens (tertiary/aromatic N) is 2. The topological polar surface area (TPSA) is 107 Å². The molecule has 0 bridgehead atoms. The first kappa shape index (κ1) is 18.2. The van der Waals surface area contributed by atoms with Crippen molar-refractivity contribution in [2.24, 2.45) is 0 Å². The summed E-state index contributed by atoms with van der Waals surface area (Å²) in [4.78, 5) is 0.158. The van der Waals surface area contributed by atoms with Crippen LogP contribution in [0.1, 0.15) is 16.1 Å². The van der Waals surface area contributed by atoms with Crippen LogP contribution in [0.25, 0.3) is 0 Å². The number of aryl methyl sites for hydroxylation is 2. The first-order valence-electron chi connectivity index (χ1n) is 7.74. The number of benzene rings is 2. The van der Waals surface area contributed by atoms with Crippen molar-refractivity contribution < 1.29 is 13.2 Å². The lowest BCUT2D eigenvalue weighted by molar-refractivity contribution is 0.304. The van der Waals surface area contributed by atoms with Crippen molar-refractivity contribution in [1.82, 2.24) is 10.2 Å². The van der Waals surface area contributed by atoms with Crippen LogP contribution in [0, 0.1) is 13.8 Å². The van der Waals surface area contributed by atoms with Crippen LogP contribution in [0.3, 0.4) is 0 Å². The van der Waals surface area contributed by atoms with Gasteiger partial charge in [0.1, 0.15) is 12.4 Å². The standard InChI is InChI=1S/C17H18N4O3S2/c1-11-3-4-12(2)15(9-11)21-26(22,23)14-7-5-13(6-8-14)24-10-16-19-20-17(18)25-16/h3-9,21H,10H2,1-2H3,(H2,18,20). The molecule has 0 fully saturated rings. The molecule has 3 rings (SSSR count). The van der Waals surface area contributed by atoms with E-state index < -0.39 is 10.0 Å². The molecule has 3 aromatic rings. The number of ether oxygens (including phenoxy) is 1. The van der Waals surface area contributed by atoms with Crippen molar-refractivity contribution in [2.75, 3.05) is 10.5 Å². The number of anilines is 2. The highest BCUT2D eigenvalue weighted by molar-refractivity contribution is 7.92. The molecule has 1 heterocycles. The molecule has 0 amide bonds. The molecule has 26 heavy (non-hydrogen) atoms. The van der Waals surface area contributed by atoms with Crippen molar-refractivity contribution >= 4 is 32.2 Å². The molecule has 1 aromatic heterocycles. The zero-order valence-electron chi connectivity index (χ0n) is 14.3. The minimum atomic E-state index is -3.68. The van der Waals surface area contributed by atoms with Gasteiger partial charge in [-0.2, -0.15) is 0 Å². The van der Waals surface area contributed by atoms with Crippen LogP contribution in [-0.4, -0.2) is 18.6 Å². The number of sulfonamides is 1. The van der Waals surface area contributed by atoms with E-state index >= 15 is 0 Å². The summed E-state index contributed by atoms with van der Waals surface area (Å²) in [5, 5.41) is 8.60. The average Bonchev–Trinajstić information content (AvgIpc) is 3.02. The van der Waals surface area contributed by atoms with Crippen LogP contribution in [0.5, 0.6) is 5.75 Å². The highest BCUT2D eigenvalue weighted by Crippen LogP contribution is 2.23. The lowest BCUT2D eigenvalue weighted by atomic mass is 10.1. The van der Waals surface area contributed by atoms with Gasteiger partial charge in [0.05, 0.1) is 10.6 Å². The predicted octanol–water partition coefficient (Wildman–Crippen LogP) is 3.12. The Morgan fingerprint density at radius 1 is 1.12 bits per heavy atom. The second kappa shape index (κ2) is 7.30. The fourth-order valence-electron chi connectivity index (χ4n) is 2.23. The number of hydrogen-bond acceptors (Lipinski definition) is 7. The van der Waals surface area contributed by atoms with E-state index in [0.29, 0.717) is 21.6 Å². The predicted molar refractivity (Wildman–Crippen MR) is 102 cm³/mol. The second-order valence-electron chi connectivity index (χ2n) is 5.72. The Hall–Kier alpha value is -2.65. The van der Waals surface area contributed by atoms with E-state index in [1.54, 1.807) is 18.2 Å². The summed E-state index contributed by atoms with van der Waals surface area (Å²) in [5.74, 6) is 0.532. The third kappa shape index (κ3) is 4.30. The van der Waals surface area contributed by atoms with Gasteiger partial charge in [-0.1, -0.05) is 23.5 Å². The number of nitrogens with two attached hydrogens (primary N) is 1. The lowest BCUT2D eigenvalue weighted by Crippen LogP contribution is -2.13. The van der Waals surface area contributed by atoms with Crippen LogP contribution >= 0.6 is 11.3 Å². The molecule has 0 aliphatic carbocycles. The van der Waals surface area contributed by atoms with Gasteiger partial charge in [0.25, 0.3) is 10.0 Å². The summed E-state index contributed by atoms with van der Waals surface area (Å²) in [5.41, 5.74) is 7.92. The number of nitrogens with one attached hydrogen (secondary N) is 1. The van der Waals surface area contributed by atoms with Crippen molar-refractivity contribution in [1.29, 1.82) is 0 Å². The minimum Gasteiger partial charge on any atom is -0.486 e. The highest BCUT2D eigenvalue weighted by atomic mass is 32.2. The molecule has 0 unspecified atom stereocenters. The van der Waals surface area contributed by atoms with E-state index in [4.69, 9.17) is 10.5 Å². The Morgan fingerprint density at radius 2 is 1.85 bits per heavy atom. The molecular formula is C17H18N4O3S2. The largest absolute Gasteiger partial charge is 0.486 e. The normalized spacial score (nSPS) is 11.3. The third-order valence-electron chi connectivity index (χ3n) is 3.62. The van der Waals surface area contributed by atoms with E-state index in [-0.39, 0.29) is 11.5 Å². The lowest BCUT2D eigenvalue weighted by Gasteiger charge is -2.12. The maximum Gasteiger partial charge on any atom is 0.261 e. The molecule has 0 aliphatic rings. The molecule has 0 spiro atoms. The summed E-state index contributed by atoms with van der Waals surface area (Å²) >= 11 is 1.24. The zero-order valence-corrected chi connectivity index (χ0v) is 15.9. The van der Waals surface area contributed by atoms with E-state index in [2.05, 4.69) is 14.9 Å². The minimum absolute atomic E-state index is 0.158. The fraction of sp³-hybridized carbons (Fsp3) is 0.176. The van der Waals surface area contributed by atoms with Gasteiger partial charge in [0, 0.05) is 0 Å². The highest BCUT2D eigenvalue weighted by Gasteiger charge is 2.15. The van der Waals surface area contributed by atoms with Crippen molar-refractivity contribution in [3.63, 3.8) is 0 Å². The van der Waals surface area contributed by atoms with Gasteiger partial charge in [0.15, 0.2) is 5.01 Å².